The molecule has 1 aliphatic heterocycles. The van der Waals surface area contributed by atoms with E-state index in [0.29, 0.717) is 13.0 Å². The second-order valence-corrected chi connectivity index (χ2v) is 7.88. The molecular formula is C20H32N2O3. The highest BCUT2D eigenvalue weighted by molar-refractivity contribution is 5.76. The molecule has 0 spiro atoms. The lowest BCUT2D eigenvalue weighted by Crippen LogP contribution is -2.36. The Morgan fingerprint density at radius 3 is 2.40 bits per heavy atom. The van der Waals surface area contributed by atoms with Gasteiger partial charge in [-0.2, -0.15) is 0 Å². The Bertz CT molecular complexity index is 593. The number of fused-ring (bicyclic) bond motifs is 1. The average Bonchev–Trinajstić information content (AvgIpc) is 2.58. The molecule has 25 heavy (non-hydrogen) atoms. The largest absolute Gasteiger partial charge is 0.493 e. The van der Waals surface area contributed by atoms with Gasteiger partial charge in [0, 0.05) is 19.5 Å². The molecule has 0 aliphatic carbocycles. The molecule has 0 aromatic heterocycles. The molecule has 0 atom stereocenters. The van der Waals surface area contributed by atoms with Crippen molar-refractivity contribution in [2.75, 3.05) is 33.9 Å². The van der Waals surface area contributed by atoms with E-state index in [1.807, 2.05) is 17.0 Å². The van der Waals surface area contributed by atoms with Crippen LogP contribution in [0.15, 0.2) is 12.1 Å². The molecule has 0 unspecified atom stereocenters. The van der Waals surface area contributed by atoms with Gasteiger partial charge in [-0.15, -0.1) is 0 Å². The fourth-order valence-corrected chi connectivity index (χ4v) is 3.08. The molecule has 5 heteroatoms. The van der Waals surface area contributed by atoms with Gasteiger partial charge in [-0.1, -0.05) is 20.8 Å². The number of amides is 1. The molecule has 1 aromatic rings. The van der Waals surface area contributed by atoms with E-state index >= 15 is 0 Å². The van der Waals surface area contributed by atoms with Crippen LogP contribution in [0.3, 0.4) is 0 Å². The summed E-state index contributed by atoms with van der Waals surface area (Å²) in [6, 6.07) is 4.03. The molecule has 0 fully saturated rings. The van der Waals surface area contributed by atoms with Crippen molar-refractivity contribution in [2.45, 2.75) is 46.6 Å². The van der Waals surface area contributed by atoms with Gasteiger partial charge >= 0.3 is 0 Å². The average molecular weight is 348 g/mol. The first kappa shape index (κ1) is 19.6. The summed E-state index contributed by atoms with van der Waals surface area (Å²) in [5, 5.41) is 3.43. The van der Waals surface area contributed by atoms with Gasteiger partial charge in [0.1, 0.15) is 0 Å². The number of nitrogens with zero attached hydrogens (tertiary/aromatic N) is 1. The Labute approximate surface area is 151 Å². The van der Waals surface area contributed by atoms with Crippen LogP contribution in [0.5, 0.6) is 11.5 Å². The normalized spacial score (nSPS) is 14.2. The second-order valence-electron chi connectivity index (χ2n) is 7.88. The van der Waals surface area contributed by atoms with Crippen molar-refractivity contribution >= 4 is 5.91 Å². The molecule has 1 amide bonds. The standard InChI is InChI=1S/C20H32N2O3/c1-20(2,3)14-21-9-6-7-19(23)22-10-8-15-11-17(24-4)18(25-5)12-16(15)13-22/h11-12,21H,6-10,13-14H2,1-5H3. The van der Waals surface area contributed by atoms with Gasteiger partial charge in [0.25, 0.3) is 0 Å². The first-order valence-electron chi connectivity index (χ1n) is 9.06. The summed E-state index contributed by atoms with van der Waals surface area (Å²) in [5.41, 5.74) is 2.68. The summed E-state index contributed by atoms with van der Waals surface area (Å²) < 4.78 is 10.7. The first-order valence-corrected chi connectivity index (χ1v) is 9.06. The fourth-order valence-electron chi connectivity index (χ4n) is 3.08. The Hall–Kier alpha value is -1.75. The molecule has 0 radical (unpaired) electrons. The zero-order valence-corrected chi connectivity index (χ0v) is 16.3. The van der Waals surface area contributed by atoms with Crippen molar-refractivity contribution in [3.63, 3.8) is 0 Å². The SMILES string of the molecule is COc1cc2c(cc1OC)CN(C(=O)CCCNCC(C)(C)C)CC2. The lowest BCUT2D eigenvalue weighted by molar-refractivity contribution is -0.132. The van der Waals surface area contributed by atoms with Crippen LogP contribution >= 0.6 is 0 Å². The fraction of sp³-hybridized carbons (Fsp3) is 0.650. The summed E-state index contributed by atoms with van der Waals surface area (Å²) in [7, 11) is 3.29. The highest BCUT2D eigenvalue weighted by Crippen LogP contribution is 2.33. The maximum absolute atomic E-state index is 12.5. The maximum Gasteiger partial charge on any atom is 0.222 e. The van der Waals surface area contributed by atoms with E-state index in [9.17, 15) is 4.79 Å². The summed E-state index contributed by atoms with van der Waals surface area (Å²) in [6.07, 6.45) is 2.34. The van der Waals surface area contributed by atoms with Gasteiger partial charge in [-0.25, -0.2) is 0 Å². The van der Waals surface area contributed by atoms with Crippen LogP contribution in [0.25, 0.3) is 0 Å². The number of hydrogen-bond acceptors (Lipinski definition) is 4. The molecular weight excluding hydrogens is 316 g/mol. The zero-order valence-electron chi connectivity index (χ0n) is 16.3. The topological polar surface area (TPSA) is 50.8 Å². The predicted octanol–water partition coefficient (Wildman–Crippen LogP) is 3.00. The van der Waals surface area contributed by atoms with Gasteiger partial charge in [-0.3, -0.25) is 4.79 Å². The quantitative estimate of drug-likeness (QED) is 0.770. The first-order chi connectivity index (χ1) is 11.8. The summed E-state index contributed by atoms with van der Waals surface area (Å²) >= 11 is 0. The number of ether oxygens (including phenoxy) is 2. The minimum Gasteiger partial charge on any atom is -0.493 e. The molecule has 2 rings (SSSR count). The van der Waals surface area contributed by atoms with Gasteiger partial charge in [0.15, 0.2) is 11.5 Å². The van der Waals surface area contributed by atoms with Crippen LogP contribution in [0.4, 0.5) is 0 Å². The third-order valence-electron chi connectivity index (χ3n) is 4.47. The van der Waals surface area contributed by atoms with Gasteiger partial charge in [-0.05, 0) is 54.6 Å². The van der Waals surface area contributed by atoms with Gasteiger partial charge in [0.05, 0.1) is 14.2 Å². The van der Waals surface area contributed by atoms with E-state index in [0.717, 1.165) is 49.5 Å². The van der Waals surface area contributed by atoms with E-state index in [2.05, 4.69) is 26.1 Å². The molecule has 0 bridgehead atoms. The number of rotatable bonds is 7. The van der Waals surface area contributed by atoms with E-state index in [1.54, 1.807) is 14.2 Å². The minimum absolute atomic E-state index is 0.234. The number of methoxy groups -OCH3 is 2. The monoisotopic (exact) mass is 348 g/mol. The van der Waals surface area contributed by atoms with Crippen LogP contribution in [0.2, 0.25) is 0 Å². The Balaban J connectivity index is 1.86. The van der Waals surface area contributed by atoms with Crippen LogP contribution in [-0.2, 0) is 17.8 Å². The number of carbonyl (C=O) groups is 1. The van der Waals surface area contributed by atoms with E-state index in [-0.39, 0.29) is 11.3 Å². The van der Waals surface area contributed by atoms with Crippen molar-refractivity contribution < 1.29 is 14.3 Å². The minimum atomic E-state index is 0.234. The predicted molar refractivity (Wildman–Crippen MR) is 100 cm³/mol. The number of benzene rings is 1. The summed E-state index contributed by atoms with van der Waals surface area (Å²) in [6.45, 7) is 9.91. The Morgan fingerprint density at radius 2 is 1.80 bits per heavy atom. The smallest absolute Gasteiger partial charge is 0.222 e. The third kappa shape index (κ3) is 5.63. The lowest BCUT2D eigenvalue weighted by Gasteiger charge is -2.30. The van der Waals surface area contributed by atoms with Crippen molar-refractivity contribution in [2.24, 2.45) is 5.41 Å². The molecule has 1 N–H and O–H groups in total. The summed E-state index contributed by atoms with van der Waals surface area (Å²) in [4.78, 5) is 14.4. The molecule has 5 nitrogen and oxygen atoms in total. The van der Waals surface area contributed by atoms with Crippen LogP contribution in [0.1, 0.15) is 44.7 Å². The molecule has 1 heterocycles. The molecule has 0 saturated heterocycles. The van der Waals surface area contributed by atoms with Crippen molar-refractivity contribution in [3.8, 4) is 11.5 Å². The number of hydrogen-bond donors (Lipinski definition) is 1. The third-order valence-corrected chi connectivity index (χ3v) is 4.47. The highest BCUT2D eigenvalue weighted by atomic mass is 16.5. The van der Waals surface area contributed by atoms with Crippen LogP contribution < -0.4 is 14.8 Å². The van der Waals surface area contributed by atoms with Crippen molar-refractivity contribution in [3.05, 3.63) is 23.3 Å². The summed E-state index contributed by atoms with van der Waals surface area (Å²) in [5.74, 6) is 1.71. The molecule has 1 aliphatic rings. The van der Waals surface area contributed by atoms with Crippen LogP contribution in [0, 0.1) is 5.41 Å². The molecule has 1 aromatic carbocycles. The lowest BCUT2D eigenvalue weighted by atomic mass is 9.97. The van der Waals surface area contributed by atoms with E-state index in [4.69, 9.17) is 9.47 Å². The zero-order chi connectivity index (χ0) is 18.4. The Morgan fingerprint density at radius 1 is 1.16 bits per heavy atom. The van der Waals surface area contributed by atoms with Gasteiger partial charge in [0.2, 0.25) is 5.91 Å². The number of nitrogens with one attached hydrogen (secondary N) is 1. The van der Waals surface area contributed by atoms with Gasteiger partial charge < -0.3 is 19.7 Å². The van der Waals surface area contributed by atoms with Crippen molar-refractivity contribution in [1.29, 1.82) is 0 Å². The second kappa shape index (κ2) is 8.56. The highest BCUT2D eigenvalue weighted by Gasteiger charge is 2.22. The van der Waals surface area contributed by atoms with E-state index in [1.165, 1.54) is 5.56 Å². The van der Waals surface area contributed by atoms with E-state index < -0.39 is 0 Å². The van der Waals surface area contributed by atoms with Crippen LogP contribution in [-0.4, -0.2) is 44.7 Å². The Kier molecular flexibility index (Phi) is 6.71. The maximum atomic E-state index is 12.5. The van der Waals surface area contributed by atoms with Crippen molar-refractivity contribution in [1.82, 2.24) is 10.2 Å². The molecule has 0 saturated carbocycles. The molecule has 140 valence electrons. The number of carbonyl (C=O) groups excluding carboxylic acids is 1.